The highest BCUT2D eigenvalue weighted by atomic mass is 35.5. The highest BCUT2D eigenvalue weighted by Crippen LogP contribution is 2.21. The lowest BCUT2D eigenvalue weighted by Gasteiger charge is -2.03. The molecule has 0 fully saturated rings. The molecule has 2 heterocycles. The average Bonchev–Trinajstić information content (AvgIpc) is 2.76. The third kappa shape index (κ3) is 3.54. The number of pyridine rings is 1. The van der Waals surface area contributed by atoms with Crippen molar-refractivity contribution in [3.05, 3.63) is 51.4 Å². The summed E-state index contributed by atoms with van der Waals surface area (Å²) in [6.07, 6.45) is 4.01. The van der Waals surface area contributed by atoms with Crippen molar-refractivity contribution < 1.29 is 4.79 Å². The van der Waals surface area contributed by atoms with Crippen molar-refractivity contribution in [2.75, 3.05) is 6.54 Å². The molecule has 1 N–H and O–H groups in total. The lowest BCUT2D eigenvalue weighted by molar-refractivity contribution is 0.0954. The van der Waals surface area contributed by atoms with Crippen LogP contribution in [0.25, 0.3) is 0 Å². The topological polar surface area (TPSA) is 42.0 Å². The molecule has 1 amide bonds. The quantitative estimate of drug-likeness (QED) is 0.925. The van der Waals surface area contributed by atoms with E-state index in [-0.39, 0.29) is 5.91 Å². The van der Waals surface area contributed by atoms with Gasteiger partial charge >= 0.3 is 0 Å². The summed E-state index contributed by atoms with van der Waals surface area (Å²) >= 11 is 7.36. The molecule has 0 aliphatic heterocycles. The van der Waals surface area contributed by atoms with Gasteiger partial charge in [-0.05, 0) is 30.7 Å². The van der Waals surface area contributed by atoms with Crippen molar-refractivity contribution in [2.24, 2.45) is 0 Å². The molecule has 2 aromatic rings. The molecule has 0 aromatic carbocycles. The van der Waals surface area contributed by atoms with Gasteiger partial charge in [0.1, 0.15) is 0 Å². The first-order valence-electron chi connectivity index (χ1n) is 5.18. The summed E-state index contributed by atoms with van der Waals surface area (Å²) in [7, 11) is 0. The predicted octanol–water partition coefficient (Wildman–Crippen LogP) is 2.77. The molecular weight excluding hydrogens is 256 g/mol. The molecule has 2 aromatic heterocycles. The largest absolute Gasteiger partial charge is 0.352 e. The van der Waals surface area contributed by atoms with Gasteiger partial charge in [-0.25, -0.2) is 0 Å². The molecule has 0 saturated carbocycles. The van der Waals surface area contributed by atoms with Gasteiger partial charge < -0.3 is 5.32 Å². The summed E-state index contributed by atoms with van der Waals surface area (Å²) in [5, 5.41) is 2.85. The molecule has 0 aliphatic carbocycles. The number of thiophene rings is 1. The van der Waals surface area contributed by atoms with Crippen LogP contribution >= 0.6 is 22.9 Å². The Bertz CT molecular complexity index is 498. The fraction of sp³-hybridized carbons (Fsp3) is 0.167. The number of hydrogen-bond acceptors (Lipinski definition) is 3. The summed E-state index contributed by atoms with van der Waals surface area (Å²) in [5.41, 5.74) is 0.629. The number of carbonyl (C=O) groups is 1. The number of hydrogen-bond donors (Lipinski definition) is 1. The molecule has 0 atom stereocenters. The van der Waals surface area contributed by atoms with Crippen molar-refractivity contribution >= 4 is 28.8 Å². The molecule has 0 radical (unpaired) electrons. The lowest BCUT2D eigenvalue weighted by Crippen LogP contribution is -2.25. The third-order valence-corrected chi connectivity index (χ3v) is 3.52. The van der Waals surface area contributed by atoms with Crippen LogP contribution in [0.5, 0.6) is 0 Å². The van der Waals surface area contributed by atoms with Crippen LogP contribution in [0.4, 0.5) is 0 Å². The average molecular weight is 267 g/mol. The maximum absolute atomic E-state index is 11.7. The van der Waals surface area contributed by atoms with Crippen LogP contribution in [0.3, 0.4) is 0 Å². The van der Waals surface area contributed by atoms with E-state index < -0.39 is 0 Å². The molecule has 0 aliphatic rings. The van der Waals surface area contributed by atoms with Crippen LogP contribution in [0, 0.1) is 0 Å². The van der Waals surface area contributed by atoms with E-state index in [0.29, 0.717) is 12.1 Å². The van der Waals surface area contributed by atoms with E-state index in [9.17, 15) is 4.79 Å². The third-order valence-electron chi connectivity index (χ3n) is 2.23. The van der Waals surface area contributed by atoms with Gasteiger partial charge in [-0.2, -0.15) is 0 Å². The van der Waals surface area contributed by atoms with Gasteiger partial charge in [0.05, 0.1) is 4.34 Å². The molecule has 3 nitrogen and oxygen atoms in total. The second-order valence-electron chi connectivity index (χ2n) is 3.45. The fourth-order valence-electron chi connectivity index (χ4n) is 1.39. The van der Waals surface area contributed by atoms with E-state index in [2.05, 4.69) is 10.3 Å². The van der Waals surface area contributed by atoms with Crippen LogP contribution in [-0.2, 0) is 6.42 Å². The van der Waals surface area contributed by atoms with Gasteiger partial charge in [-0.1, -0.05) is 11.6 Å². The zero-order valence-electron chi connectivity index (χ0n) is 9.02. The number of nitrogens with one attached hydrogen (secondary N) is 1. The number of rotatable bonds is 4. The van der Waals surface area contributed by atoms with Crippen molar-refractivity contribution in [1.82, 2.24) is 10.3 Å². The summed E-state index contributed by atoms with van der Waals surface area (Å²) in [6.45, 7) is 0.609. The molecule has 0 spiro atoms. The SMILES string of the molecule is O=C(NCCc1ccc(Cl)s1)c1ccncc1. The maximum atomic E-state index is 11.7. The van der Waals surface area contributed by atoms with Crippen molar-refractivity contribution in [3.63, 3.8) is 0 Å². The van der Waals surface area contributed by atoms with E-state index in [1.165, 1.54) is 16.2 Å². The van der Waals surface area contributed by atoms with Crippen LogP contribution in [0.1, 0.15) is 15.2 Å². The lowest BCUT2D eigenvalue weighted by atomic mass is 10.2. The molecule has 0 saturated heterocycles. The van der Waals surface area contributed by atoms with Crippen LogP contribution in [-0.4, -0.2) is 17.4 Å². The van der Waals surface area contributed by atoms with Gasteiger partial charge in [-0.15, -0.1) is 11.3 Å². The normalized spacial score (nSPS) is 10.2. The van der Waals surface area contributed by atoms with Gasteiger partial charge in [0, 0.05) is 29.4 Å². The number of amides is 1. The zero-order chi connectivity index (χ0) is 12.1. The monoisotopic (exact) mass is 266 g/mol. The predicted molar refractivity (Wildman–Crippen MR) is 69.6 cm³/mol. The Labute approximate surface area is 108 Å². The first-order chi connectivity index (χ1) is 8.25. The Morgan fingerprint density at radius 1 is 1.29 bits per heavy atom. The van der Waals surface area contributed by atoms with Crippen molar-refractivity contribution in [3.8, 4) is 0 Å². The summed E-state index contributed by atoms with van der Waals surface area (Å²) < 4.78 is 0.778. The Morgan fingerprint density at radius 2 is 2.06 bits per heavy atom. The molecule has 0 bridgehead atoms. The molecular formula is C12H11ClN2OS. The zero-order valence-corrected chi connectivity index (χ0v) is 10.6. The second-order valence-corrected chi connectivity index (χ2v) is 5.25. The van der Waals surface area contributed by atoms with Gasteiger partial charge in [0.15, 0.2) is 0 Å². The number of nitrogens with zero attached hydrogens (tertiary/aromatic N) is 1. The van der Waals surface area contributed by atoms with E-state index in [4.69, 9.17) is 11.6 Å². The molecule has 2 rings (SSSR count). The highest BCUT2D eigenvalue weighted by Gasteiger charge is 2.04. The minimum absolute atomic E-state index is 0.0740. The summed E-state index contributed by atoms with van der Waals surface area (Å²) in [6, 6.07) is 7.23. The second kappa shape index (κ2) is 5.80. The molecule has 88 valence electrons. The standard InChI is InChI=1S/C12H11ClN2OS/c13-11-2-1-10(17-11)5-8-15-12(16)9-3-6-14-7-4-9/h1-4,6-7H,5,8H2,(H,15,16). The Kier molecular flexibility index (Phi) is 4.12. The van der Waals surface area contributed by atoms with Gasteiger partial charge in [0.2, 0.25) is 0 Å². The Morgan fingerprint density at radius 3 is 2.71 bits per heavy atom. The first-order valence-corrected chi connectivity index (χ1v) is 6.37. The number of halogens is 1. The fourth-order valence-corrected chi connectivity index (χ4v) is 2.48. The molecule has 0 unspecified atom stereocenters. The van der Waals surface area contributed by atoms with Gasteiger partial charge in [-0.3, -0.25) is 9.78 Å². The highest BCUT2D eigenvalue weighted by molar-refractivity contribution is 7.16. The van der Waals surface area contributed by atoms with Crippen LogP contribution in [0.2, 0.25) is 4.34 Å². The summed E-state index contributed by atoms with van der Waals surface area (Å²) in [5.74, 6) is -0.0740. The smallest absolute Gasteiger partial charge is 0.251 e. The number of carbonyl (C=O) groups excluding carboxylic acids is 1. The minimum atomic E-state index is -0.0740. The van der Waals surface area contributed by atoms with Gasteiger partial charge in [0.25, 0.3) is 5.91 Å². The summed E-state index contributed by atoms with van der Waals surface area (Å²) in [4.78, 5) is 16.7. The molecule has 5 heteroatoms. The van der Waals surface area contributed by atoms with E-state index in [0.717, 1.165) is 10.8 Å². The minimum Gasteiger partial charge on any atom is -0.352 e. The molecule has 17 heavy (non-hydrogen) atoms. The Balaban J connectivity index is 1.81. The Hall–Kier alpha value is -1.39. The van der Waals surface area contributed by atoms with E-state index in [1.807, 2.05) is 12.1 Å². The van der Waals surface area contributed by atoms with Crippen LogP contribution < -0.4 is 5.32 Å². The van der Waals surface area contributed by atoms with Crippen molar-refractivity contribution in [1.29, 1.82) is 0 Å². The first kappa shape index (κ1) is 12.1. The van der Waals surface area contributed by atoms with Crippen LogP contribution in [0.15, 0.2) is 36.7 Å². The maximum Gasteiger partial charge on any atom is 0.251 e. The number of aromatic nitrogens is 1. The van der Waals surface area contributed by atoms with Crippen molar-refractivity contribution in [2.45, 2.75) is 6.42 Å². The van der Waals surface area contributed by atoms with E-state index in [1.54, 1.807) is 24.5 Å². The van der Waals surface area contributed by atoms with E-state index >= 15 is 0 Å².